The minimum absolute atomic E-state index is 0.0185. The predicted molar refractivity (Wildman–Crippen MR) is 128 cm³/mol. The van der Waals surface area contributed by atoms with Crippen LogP contribution in [0.1, 0.15) is 44.4 Å². The molecule has 0 bridgehead atoms. The fourth-order valence-electron chi connectivity index (χ4n) is 3.32. The molecule has 0 aliphatic rings. The molecule has 0 fully saturated rings. The quantitative estimate of drug-likeness (QED) is 0.341. The van der Waals surface area contributed by atoms with Crippen molar-refractivity contribution in [2.45, 2.75) is 19.9 Å². The summed E-state index contributed by atoms with van der Waals surface area (Å²) in [4.78, 5) is 31.0. The molecule has 1 aromatic carbocycles. The molecule has 2 N–H and O–H groups in total. The van der Waals surface area contributed by atoms with Crippen molar-refractivity contribution < 1.29 is 18.4 Å². The van der Waals surface area contributed by atoms with Crippen LogP contribution in [-0.4, -0.2) is 53.8 Å². The molecular weight excluding hydrogens is 564 g/mol. The van der Waals surface area contributed by atoms with Gasteiger partial charge in [0.15, 0.2) is 5.82 Å². The highest BCUT2D eigenvalue weighted by Gasteiger charge is 2.23. The first-order valence-electron chi connectivity index (χ1n) is 10.3. The summed E-state index contributed by atoms with van der Waals surface area (Å²) < 4.78 is 27.5. The predicted octanol–water partition coefficient (Wildman–Crippen LogP) is 3.58. The van der Waals surface area contributed by atoms with Crippen LogP contribution in [0.4, 0.5) is 14.5 Å². The Labute approximate surface area is 216 Å². The van der Waals surface area contributed by atoms with Gasteiger partial charge in [-0.2, -0.15) is 9.90 Å². The van der Waals surface area contributed by atoms with E-state index in [1.807, 2.05) is 0 Å². The Kier molecular flexibility index (Phi) is 7.35. The van der Waals surface area contributed by atoms with Crippen LogP contribution < -0.4 is 10.6 Å². The Morgan fingerprint density at radius 1 is 1.19 bits per heavy atom. The summed E-state index contributed by atoms with van der Waals surface area (Å²) >= 11 is 9.65. The lowest BCUT2D eigenvalue weighted by Crippen LogP contribution is -2.23. The number of anilines is 1. The molecule has 3 aromatic heterocycles. The maximum atomic E-state index is 13.4. The van der Waals surface area contributed by atoms with Gasteiger partial charge in [0.2, 0.25) is 5.82 Å². The zero-order valence-electron chi connectivity index (χ0n) is 18.7. The Bertz CT molecular complexity index is 1460. The van der Waals surface area contributed by atoms with E-state index in [0.29, 0.717) is 15.7 Å². The van der Waals surface area contributed by atoms with Gasteiger partial charge in [-0.15, -0.1) is 10.2 Å². The van der Waals surface area contributed by atoms with Gasteiger partial charge in [0.1, 0.15) is 12.2 Å². The number of carbonyl (C=O) groups is 2. The number of tetrazole rings is 1. The normalized spacial score (nSPS) is 11.1. The van der Waals surface area contributed by atoms with Gasteiger partial charge in [-0.3, -0.25) is 9.59 Å². The third-order valence-electron chi connectivity index (χ3n) is 4.91. The molecule has 0 aliphatic carbocycles. The number of aryl methyl sites for hydroxylation is 1. The molecule has 2 amide bonds. The van der Waals surface area contributed by atoms with Gasteiger partial charge in [0.05, 0.1) is 22.0 Å². The van der Waals surface area contributed by atoms with Crippen molar-refractivity contribution >= 4 is 45.0 Å². The third-order valence-corrected chi connectivity index (χ3v) is 5.66. The van der Waals surface area contributed by atoms with Crippen LogP contribution in [0.25, 0.3) is 5.82 Å². The van der Waals surface area contributed by atoms with Gasteiger partial charge < -0.3 is 10.6 Å². The SMILES string of the molecule is CNC(=O)c1cc(Br)cc(C)c1NC(=O)c1cc(Cn2nnc(C(F)F)n2)nn1-c1ncccc1Cl. The van der Waals surface area contributed by atoms with Crippen LogP contribution in [0, 0.1) is 6.92 Å². The van der Waals surface area contributed by atoms with Crippen LogP contribution in [-0.2, 0) is 6.54 Å². The van der Waals surface area contributed by atoms with Crippen LogP contribution in [0.5, 0.6) is 0 Å². The number of nitrogens with zero attached hydrogens (tertiary/aromatic N) is 7. The van der Waals surface area contributed by atoms with Crippen molar-refractivity contribution in [2.24, 2.45) is 0 Å². The van der Waals surface area contributed by atoms with Crippen LogP contribution in [0.2, 0.25) is 5.02 Å². The molecule has 0 aliphatic heterocycles. The number of hydrogen-bond acceptors (Lipinski definition) is 7. The van der Waals surface area contributed by atoms with Gasteiger partial charge >= 0.3 is 6.43 Å². The molecule has 0 spiro atoms. The van der Waals surface area contributed by atoms with Gasteiger partial charge in [-0.25, -0.2) is 18.4 Å². The van der Waals surface area contributed by atoms with Gasteiger partial charge in [0.25, 0.3) is 11.8 Å². The van der Waals surface area contributed by atoms with Gasteiger partial charge in [0, 0.05) is 17.7 Å². The molecule has 0 saturated heterocycles. The number of alkyl halides is 2. The van der Waals surface area contributed by atoms with Crippen molar-refractivity contribution in [3.63, 3.8) is 0 Å². The van der Waals surface area contributed by atoms with E-state index in [0.717, 1.165) is 4.80 Å². The van der Waals surface area contributed by atoms with Crippen molar-refractivity contribution in [2.75, 3.05) is 12.4 Å². The summed E-state index contributed by atoms with van der Waals surface area (Å²) in [6, 6.07) is 7.93. The van der Waals surface area contributed by atoms with E-state index < -0.39 is 24.1 Å². The molecule has 0 unspecified atom stereocenters. The molecule has 0 radical (unpaired) electrons. The van der Waals surface area contributed by atoms with Crippen LogP contribution in [0.15, 0.2) is 41.0 Å². The molecule has 0 saturated carbocycles. The molecule has 3 heterocycles. The summed E-state index contributed by atoms with van der Waals surface area (Å²) in [5, 5.41) is 20.4. The first kappa shape index (κ1) is 25.3. The van der Waals surface area contributed by atoms with Crippen LogP contribution in [0.3, 0.4) is 0 Å². The fraction of sp³-hybridized carbons (Fsp3) is 0.190. The summed E-state index contributed by atoms with van der Waals surface area (Å²) in [7, 11) is 1.48. The highest BCUT2D eigenvalue weighted by Crippen LogP contribution is 2.27. The number of rotatable bonds is 7. The smallest absolute Gasteiger partial charge is 0.301 e. The Morgan fingerprint density at radius 2 is 1.97 bits per heavy atom. The summed E-state index contributed by atoms with van der Waals surface area (Å²) in [5.74, 6) is -1.59. The molecule has 36 heavy (non-hydrogen) atoms. The zero-order valence-corrected chi connectivity index (χ0v) is 21.0. The molecular formula is C21H17BrClF2N9O2. The van der Waals surface area contributed by atoms with Crippen molar-refractivity contribution in [1.82, 2.24) is 40.3 Å². The Balaban J connectivity index is 1.75. The topological polar surface area (TPSA) is 133 Å². The minimum atomic E-state index is -2.88. The first-order chi connectivity index (χ1) is 17.2. The Hall–Kier alpha value is -3.78. The number of carbonyl (C=O) groups excluding carboxylic acids is 2. The highest BCUT2D eigenvalue weighted by molar-refractivity contribution is 9.10. The summed E-state index contributed by atoms with van der Waals surface area (Å²) in [5.41, 5.74) is 1.43. The average Bonchev–Trinajstić information content (AvgIpc) is 3.48. The largest absolute Gasteiger partial charge is 0.355 e. The third kappa shape index (κ3) is 5.23. The van der Waals surface area contributed by atoms with Crippen molar-refractivity contribution in [3.8, 4) is 5.82 Å². The molecule has 11 nitrogen and oxygen atoms in total. The molecule has 4 rings (SSSR count). The van der Waals surface area contributed by atoms with Gasteiger partial charge in [-0.05, 0) is 48.0 Å². The van der Waals surface area contributed by atoms with Crippen molar-refractivity contribution in [1.29, 1.82) is 0 Å². The maximum Gasteiger partial charge on any atom is 0.301 e. The van der Waals surface area contributed by atoms with E-state index in [9.17, 15) is 18.4 Å². The lowest BCUT2D eigenvalue weighted by atomic mass is 10.1. The van der Waals surface area contributed by atoms with E-state index in [2.05, 4.69) is 52.1 Å². The number of aromatic nitrogens is 7. The summed E-state index contributed by atoms with van der Waals surface area (Å²) in [6.45, 7) is 1.58. The molecule has 4 aromatic rings. The van der Waals surface area contributed by atoms with E-state index in [1.54, 1.807) is 31.2 Å². The van der Waals surface area contributed by atoms with Crippen LogP contribution >= 0.6 is 27.5 Å². The Morgan fingerprint density at radius 3 is 2.64 bits per heavy atom. The average molecular weight is 581 g/mol. The number of halogens is 4. The number of benzene rings is 1. The maximum absolute atomic E-state index is 13.4. The zero-order chi connectivity index (χ0) is 26.0. The van der Waals surface area contributed by atoms with E-state index in [1.165, 1.54) is 24.0 Å². The second-order valence-electron chi connectivity index (χ2n) is 7.40. The molecule has 186 valence electrons. The second-order valence-corrected chi connectivity index (χ2v) is 8.72. The number of hydrogen-bond donors (Lipinski definition) is 2. The lowest BCUT2D eigenvalue weighted by Gasteiger charge is -2.14. The standard InChI is InChI=1S/C21H17BrClF2N9O2/c1-10-6-11(22)7-13(20(35)26-2)16(10)28-21(36)15-8-12(9-33-31-18(17(24)25)29-32-33)30-34(15)19-14(23)4-3-5-27-19/h3-8,17H,9H2,1-2H3,(H,26,35)(H,28,36). The monoisotopic (exact) mass is 579 g/mol. The van der Waals surface area contributed by atoms with E-state index in [-0.39, 0.29) is 34.3 Å². The minimum Gasteiger partial charge on any atom is -0.355 e. The first-order valence-corrected chi connectivity index (χ1v) is 11.4. The lowest BCUT2D eigenvalue weighted by molar-refractivity contribution is 0.0963. The van der Waals surface area contributed by atoms with Crippen molar-refractivity contribution in [3.05, 3.63) is 74.4 Å². The second kappa shape index (κ2) is 10.5. The molecule has 15 heteroatoms. The highest BCUT2D eigenvalue weighted by atomic mass is 79.9. The summed E-state index contributed by atoms with van der Waals surface area (Å²) in [6.07, 6.45) is -1.41. The van der Waals surface area contributed by atoms with E-state index >= 15 is 0 Å². The number of nitrogens with one attached hydrogen (secondary N) is 2. The van der Waals surface area contributed by atoms with Gasteiger partial charge in [-0.1, -0.05) is 27.5 Å². The van der Waals surface area contributed by atoms with E-state index in [4.69, 9.17) is 11.6 Å². The fourth-order valence-corrected chi connectivity index (χ4v) is 4.09. The molecule has 0 atom stereocenters. The number of pyridine rings is 1. The number of amides is 2.